The van der Waals surface area contributed by atoms with Crippen LogP contribution in [0.25, 0.3) is 33.0 Å². The van der Waals surface area contributed by atoms with Gasteiger partial charge >= 0.3 is 0 Å². The van der Waals surface area contributed by atoms with E-state index >= 15 is 0 Å². The Labute approximate surface area is 116 Å². The molecule has 0 saturated heterocycles. The summed E-state index contributed by atoms with van der Waals surface area (Å²) in [6.45, 7) is 0. The minimum absolute atomic E-state index is 0.0604. The van der Waals surface area contributed by atoms with E-state index in [0.29, 0.717) is 5.52 Å². The molecule has 0 aliphatic heterocycles. The minimum Gasteiger partial charge on any atom is -0.437 e. The Morgan fingerprint density at radius 1 is 0.952 bits per heavy atom. The predicted octanol–water partition coefficient (Wildman–Crippen LogP) is 3.77. The van der Waals surface area contributed by atoms with Gasteiger partial charge in [0.25, 0.3) is 0 Å². The fourth-order valence-electron chi connectivity index (χ4n) is 2.43. The Hall–Kier alpha value is -2.82. The molecule has 0 N–H and O–H groups in total. The fraction of sp³-hybridized carbons (Fsp3) is 0. The zero-order valence-electron chi connectivity index (χ0n) is 10.6. The Morgan fingerprint density at radius 2 is 1.71 bits per heavy atom. The van der Waals surface area contributed by atoms with Crippen LogP contribution in [0.1, 0.15) is 0 Å². The topological polar surface area (TPSA) is 43.1 Å². The van der Waals surface area contributed by atoms with E-state index in [2.05, 4.69) is 4.98 Å². The molecule has 0 bridgehead atoms. The lowest BCUT2D eigenvalue weighted by Crippen LogP contribution is -2.05. The number of nitrogens with zero attached hydrogens (tertiary/aromatic N) is 1. The summed E-state index contributed by atoms with van der Waals surface area (Å²) in [6, 6.07) is 9.90. The number of fused-ring (bicyclic) bond motifs is 3. The molecular formula is C16H7F2NO2. The second-order valence-electron chi connectivity index (χ2n) is 4.69. The second kappa shape index (κ2) is 4.09. The summed E-state index contributed by atoms with van der Waals surface area (Å²) in [4.78, 5) is 16.6. The van der Waals surface area contributed by atoms with E-state index in [1.54, 1.807) is 6.07 Å². The van der Waals surface area contributed by atoms with E-state index < -0.39 is 17.1 Å². The first-order valence-electron chi connectivity index (χ1n) is 6.25. The van der Waals surface area contributed by atoms with Gasteiger partial charge in [-0.1, -0.05) is 12.1 Å². The van der Waals surface area contributed by atoms with Crippen molar-refractivity contribution in [2.24, 2.45) is 0 Å². The summed E-state index contributed by atoms with van der Waals surface area (Å²) in [5, 5.41) is 0.112. The third-order valence-corrected chi connectivity index (χ3v) is 3.42. The number of pyridine rings is 1. The summed E-state index contributed by atoms with van der Waals surface area (Å²) in [5.74, 6) is -1.16. The predicted molar refractivity (Wildman–Crippen MR) is 75.2 cm³/mol. The van der Waals surface area contributed by atoms with Crippen molar-refractivity contribution in [1.82, 2.24) is 4.98 Å². The lowest BCUT2D eigenvalue weighted by molar-refractivity contribution is 0.620. The number of aromatic nitrogens is 1. The third-order valence-electron chi connectivity index (χ3n) is 3.42. The highest BCUT2D eigenvalue weighted by molar-refractivity contribution is 5.95. The van der Waals surface area contributed by atoms with Gasteiger partial charge in [0.05, 0.1) is 10.9 Å². The van der Waals surface area contributed by atoms with Crippen molar-refractivity contribution in [3.05, 3.63) is 64.3 Å². The van der Waals surface area contributed by atoms with Gasteiger partial charge in [0.2, 0.25) is 11.1 Å². The molecule has 5 heteroatoms. The van der Waals surface area contributed by atoms with Crippen LogP contribution in [0, 0.1) is 11.6 Å². The van der Waals surface area contributed by atoms with Crippen molar-refractivity contribution in [1.29, 1.82) is 0 Å². The van der Waals surface area contributed by atoms with Gasteiger partial charge in [-0.05, 0) is 30.3 Å². The molecule has 4 rings (SSSR count). The molecule has 0 aliphatic carbocycles. The zero-order valence-corrected chi connectivity index (χ0v) is 10.6. The number of halogens is 2. The molecule has 2 aromatic carbocycles. The number of hydrogen-bond acceptors (Lipinski definition) is 3. The van der Waals surface area contributed by atoms with Crippen molar-refractivity contribution >= 4 is 33.0 Å². The first-order valence-corrected chi connectivity index (χ1v) is 6.25. The smallest absolute Gasteiger partial charge is 0.231 e. The summed E-state index contributed by atoms with van der Waals surface area (Å²) in [7, 11) is 0. The molecule has 0 amide bonds. The van der Waals surface area contributed by atoms with Crippen LogP contribution in [0.5, 0.6) is 0 Å². The van der Waals surface area contributed by atoms with Gasteiger partial charge < -0.3 is 4.42 Å². The monoisotopic (exact) mass is 283 g/mol. The maximum absolute atomic E-state index is 13.8. The van der Waals surface area contributed by atoms with E-state index in [1.807, 2.05) is 0 Å². The molecule has 2 aromatic heterocycles. The van der Waals surface area contributed by atoms with E-state index in [0.717, 1.165) is 0 Å². The lowest BCUT2D eigenvalue weighted by atomic mass is 10.1. The first kappa shape index (κ1) is 12.0. The van der Waals surface area contributed by atoms with Gasteiger partial charge in [0.15, 0.2) is 0 Å². The molecule has 3 nitrogen and oxygen atoms in total. The Kier molecular flexibility index (Phi) is 2.33. The van der Waals surface area contributed by atoms with Crippen LogP contribution < -0.4 is 5.43 Å². The summed E-state index contributed by atoms with van der Waals surface area (Å²) in [5.41, 5.74) is 0.00959. The maximum atomic E-state index is 13.8. The standard InChI is InChI=1S/C16H7F2NO2/c17-10-3-1-5-12-8(10)7-9-15(20)14-11(18)4-2-6-13(14)21-16(9)19-12/h1-7H. The quantitative estimate of drug-likeness (QED) is 0.461. The van der Waals surface area contributed by atoms with Crippen LogP contribution in [0.3, 0.4) is 0 Å². The molecule has 0 atom stereocenters. The SMILES string of the molecule is O=c1c2cc3c(F)cccc3nc2oc2cccc(F)c12. The lowest BCUT2D eigenvalue weighted by Gasteiger charge is -2.04. The zero-order chi connectivity index (χ0) is 14.6. The molecule has 2 heterocycles. The van der Waals surface area contributed by atoms with Crippen molar-refractivity contribution in [3.63, 3.8) is 0 Å². The normalized spacial score (nSPS) is 11.5. The van der Waals surface area contributed by atoms with E-state index in [-0.39, 0.29) is 27.5 Å². The summed E-state index contributed by atoms with van der Waals surface area (Å²) < 4.78 is 33.1. The number of rotatable bonds is 0. The molecule has 0 fully saturated rings. The van der Waals surface area contributed by atoms with Gasteiger partial charge in [-0.3, -0.25) is 4.79 Å². The highest BCUT2D eigenvalue weighted by Crippen LogP contribution is 2.24. The van der Waals surface area contributed by atoms with Crippen LogP contribution in [0.2, 0.25) is 0 Å². The third kappa shape index (κ3) is 1.64. The molecular weight excluding hydrogens is 276 g/mol. The number of hydrogen-bond donors (Lipinski definition) is 0. The maximum Gasteiger partial charge on any atom is 0.231 e. The van der Waals surface area contributed by atoms with Crippen molar-refractivity contribution in [3.8, 4) is 0 Å². The van der Waals surface area contributed by atoms with Crippen LogP contribution >= 0.6 is 0 Å². The highest BCUT2D eigenvalue weighted by atomic mass is 19.1. The van der Waals surface area contributed by atoms with Crippen molar-refractivity contribution < 1.29 is 13.2 Å². The first-order chi connectivity index (χ1) is 10.1. The largest absolute Gasteiger partial charge is 0.437 e. The van der Waals surface area contributed by atoms with Gasteiger partial charge in [-0.15, -0.1) is 0 Å². The van der Waals surface area contributed by atoms with Crippen molar-refractivity contribution in [2.45, 2.75) is 0 Å². The summed E-state index contributed by atoms with van der Waals surface area (Å²) >= 11 is 0. The number of benzene rings is 2. The second-order valence-corrected chi connectivity index (χ2v) is 4.69. The van der Waals surface area contributed by atoms with E-state index in [9.17, 15) is 13.6 Å². The van der Waals surface area contributed by atoms with Gasteiger partial charge in [-0.25, -0.2) is 13.8 Å². The van der Waals surface area contributed by atoms with Gasteiger partial charge in [-0.2, -0.15) is 0 Å². The average molecular weight is 283 g/mol. The molecule has 0 radical (unpaired) electrons. The van der Waals surface area contributed by atoms with Crippen molar-refractivity contribution in [2.75, 3.05) is 0 Å². The Morgan fingerprint density at radius 3 is 2.57 bits per heavy atom. The molecule has 21 heavy (non-hydrogen) atoms. The van der Waals surface area contributed by atoms with E-state index in [1.165, 1.54) is 36.4 Å². The van der Waals surface area contributed by atoms with Crippen LogP contribution in [-0.2, 0) is 0 Å². The highest BCUT2D eigenvalue weighted by Gasteiger charge is 2.14. The van der Waals surface area contributed by atoms with Crippen LogP contribution in [0.15, 0.2) is 51.7 Å². The summed E-state index contributed by atoms with van der Waals surface area (Å²) in [6.07, 6.45) is 0. The molecule has 0 aliphatic rings. The molecule has 102 valence electrons. The Balaban J connectivity index is 2.29. The van der Waals surface area contributed by atoms with Gasteiger partial charge in [0, 0.05) is 5.39 Å². The fourth-order valence-corrected chi connectivity index (χ4v) is 2.43. The molecule has 0 saturated carbocycles. The Bertz CT molecular complexity index is 1080. The molecule has 0 spiro atoms. The average Bonchev–Trinajstić information content (AvgIpc) is 2.46. The van der Waals surface area contributed by atoms with Crippen LogP contribution in [0.4, 0.5) is 8.78 Å². The minimum atomic E-state index is -0.670. The molecule has 0 unspecified atom stereocenters. The van der Waals surface area contributed by atoms with E-state index in [4.69, 9.17) is 4.42 Å². The van der Waals surface area contributed by atoms with Crippen LogP contribution in [-0.4, -0.2) is 4.98 Å². The molecule has 4 aromatic rings. The van der Waals surface area contributed by atoms with Gasteiger partial charge in [0.1, 0.15) is 22.6 Å².